The van der Waals surface area contributed by atoms with E-state index in [4.69, 9.17) is 9.47 Å². The van der Waals surface area contributed by atoms with Gasteiger partial charge in [0.2, 0.25) is 0 Å². The van der Waals surface area contributed by atoms with Gasteiger partial charge >= 0.3 is 5.97 Å². The van der Waals surface area contributed by atoms with Gasteiger partial charge in [-0.3, -0.25) is 4.79 Å². The molecule has 5 heteroatoms. The first-order valence-electron chi connectivity index (χ1n) is 9.96. The minimum absolute atomic E-state index is 0.0316. The highest BCUT2D eigenvalue weighted by Crippen LogP contribution is 2.22. The Morgan fingerprint density at radius 1 is 0.964 bits per heavy atom. The lowest BCUT2D eigenvalue weighted by Crippen LogP contribution is -2.21. The molecule has 0 atom stereocenters. The van der Waals surface area contributed by atoms with Crippen LogP contribution >= 0.6 is 0 Å². The molecule has 1 aliphatic rings. The molecule has 148 valence electrons. The van der Waals surface area contributed by atoms with Crippen LogP contribution in [0.5, 0.6) is 5.75 Å². The van der Waals surface area contributed by atoms with Gasteiger partial charge in [0.25, 0.3) is 5.91 Å². The number of ether oxygens (including phenoxy) is 2. The zero-order valence-electron chi connectivity index (χ0n) is 16.3. The van der Waals surface area contributed by atoms with Gasteiger partial charge in [0.1, 0.15) is 11.9 Å². The van der Waals surface area contributed by atoms with E-state index in [1.807, 2.05) is 24.3 Å². The molecular weight excluding hydrogens is 354 g/mol. The van der Waals surface area contributed by atoms with E-state index >= 15 is 0 Å². The Morgan fingerprint density at radius 2 is 1.64 bits per heavy atom. The molecule has 1 N–H and O–H groups in total. The summed E-state index contributed by atoms with van der Waals surface area (Å²) in [6.45, 7) is 2.02. The highest BCUT2D eigenvalue weighted by molar-refractivity contribution is 5.93. The number of aryl methyl sites for hydroxylation is 1. The van der Waals surface area contributed by atoms with Gasteiger partial charge in [0.15, 0.2) is 6.61 Å². The van der Waals surface area contributed by atoms with Crippen molar-refractivity contribution < 1.29 is 19.1 Å². The largest absolute Gasteiger partial charge is 0.484 e. The van der Waals surface area contributed by atoms with Crippen LogP contribution in [0.2, 0.25) is 0 Å². The third-order valence-corrected chi connectivity index (χ3v) is 4.93. The van der Waals surface area contributed by atoms with E-state index < -0.39 is 0 Å². The summed E-state index contributed by atoms with van der Waals surface area (Å²) in [4.78, 5) is 24.3. The zero-order valence-corrected chi connectivity index (χ0v) is 16.3. The molecule has 0 bridgehead atoms. The molecule has 5 nitrogen and oxygen atoms in total. The van der Waals surface area contributed by atoms with Crippen LogP contribution in [0.1, 0.15) is 54.9 Å². The van der Waals surface area contributed by atoms with Crippen LogP contribution in [0.3, 0.4) is 0 Å². The summed E-state index contributed by atoms with van der Waals surface area (Å²) in [5.41, 5.74) is 2.33. The van der Waals surface area contributed by atoms with Crippen LogP contribution in [0, 0.1) is 0 Å². The maximum absolute atomic E-state index is 12.2. The second-order valence-electron chi connectivity index (χ2n) is 7.08. The number of esters is 1. The van der Waals surface area contributed by atoms with Gasteiger partial charge in [-0.25, -0.2) is 4.79 Å². The van der Waals surface area contributed by atoms with Gasteiger partial charge in [0.05, 0.1) is 5.56 Å². The first kappa shape index (κ1) is 19.9. The van der Waals surface area contributed by atoms with Crippen LogP contribution in [-0.2, 0) is 16.0 Å². The number of rotatable bonds is 7. The monoisotopic (exact) mass is 381 g/mol. The number of anilines is 1. The lowest BCUT2D eigenvalue weighted by Gasteiger charge is -2.21. The molecule has 2 aromatic carbocycles. The van der Waals surface area contributed by atoms with E-state index in [1.54, 1.807) is 24.3 Å². The molecule has 1 amide bonds. The van der Waals surface area contributed by atoms with Crippen molar-refractivity contribution in [1.82, 2.24) is 0 Å². The highest BCUT2D eigenvalue weighted by Gasteiger charge is 2.18. The molecule has 0 spiro atoms. The lowest BCUT2D eigenvalue weighted by molar-refractivity contribution is -0.118. The summed E-state index contributed by atoms with van der Waals surface area (Å²) < 4.78 is 11.1. The van der Waals surface area contributed by atoms with E-state index in [-0.39, 0.29) is 24.6 Å². The predicted octanol–water partition coefficient (Wildman–Crippen LogP) is 4.76. The number of hydrogen-bond donors (Lipinski definition) is 1. The van der Waals surface area contributed by atoms with Crippen molar-refractivity contribution in [2.45, 2.75) is 51.6 Å². The number of benzene rings is 2. The molecule has 0 aromatic heterocycles. The topological polar surface area (TPSA) is 64.6 Å². The van der Waals surface area contributed by atoms with Crippen LogP contribution in [0.4, 0.5) is 5.69 Å². The van der Waals surface area contributed by atoms with Gasteiger partial charge in [-0.1, -0.05) is 25.5 Å². The molecule has 0 radical (unpaired) electrons. The fourth-order valence-corrected chi connectivity index (χ4v) is 3.26. The lowest BCUT2D eigenvalue weighted by atomic mass is 9.98. The Kier molecular flexibility index (Phi) is 7.06. The van der Waals surface area contributed by atoms with Crippen LogP contribution < -0.4 is 10.1 Å². The first-order valence-corrected chi connectivity index (χ1v) is 9.96. The Morgan fingerprint density at radius 3 is 2.29 bits per heavy atom. The molecule has 0 saturated heterocycles. The van der Waals surface area contributed by atoms with Crippen LogP contribution in [0.25, 0.3) is 0 Å². The van der Waals surface area contributed by atoms with E-state index in [1.165, 1.54) is 12.0 Å². The normalized spacial score (nSPS) is 14.3. The molecule has 0 heterocycles. The second-order valence-corrected chi connectivity index (χ2v) is 7.08. The SMILES string of the molecule is CCc1ccc(OCC(=O)Nc2ccc(C(=O)OC3CCCCC3)cc2)cc1. The number of nitrogens with one attached hydrogen (secondary N) is 1. The molecular formula is C23H27NO4. The van der Waals surface area contributed by atoms with Crippen molar-refractivity contribution in [2.75, 3.05) is 11.9 Å². The van der Waals surface area contributed by atoms with E-state index in [2.05, 4.69) is 12.2 Å². The first-order chi connectivity index (χ1) is 13.6. The average Bonchev–Trinajstić information content (AvgIpc) is 2.74. The predicted molar refractivity (Wildman–Crippen MR) is 109 cm³/mol. The summed E-state index contributed by atoms with van der Waals surface area (Å²) in [6.07, 6.45) is 6.34. The molecule has 28 heavy (non-hydrogen) atoms. The van der Waals surface area contributed by atoms with Gasteiger partial charge in [-0.2, -0.15) is 0 Å². The standard InChI is InChI=1S/C23H27NO4/c1-2-17-8-14-20(15-9-17)27-16-22(25)24-19-12-10-18(11-13-19)23(26)28-21-6-4-3-5-7-21/h8-15,21H,2-7,16H2,1H3,(H,24,25). The Hall–Kier alpha value is -2.82. The fourth-order valence-electron chi connectivity index (χ4n) is 3.26. The van der Waals surface area contributed by atoms with Crippen molar-refractivity contribution in [3.8, 4) is 5.75 Å². The third kappa shape index (κ3) is 5.84. The molecule has 1 saturated carbocycles. The van der Waals surface area contributed by atoms with Gasteiger partial charge in [0, 0.05) is 5.69 Å². The van der Waals surface area contributed by atoms with Crippen molar-refractivity contribution in [2.24, 2.45) is 0 Å². The molecule has 0 aliphatic heterocycles. The highest BCUT2D eigenvalue weighted by atomic mass is 16.5. The minimum atomic E-state index is -0.302. The Bertz CT molecular complexity index is 777. The number of hydrogen-bond acceptors (Lipinski definition) is 4. The summed E-state index contributed by atoms with van der Waals surface area (Å²) in [5.74, 6) is 0.105. The molecule has 1 fully saturated rings. The molecule has 2 aromatic rings. The quantitative estimate of drug-likeness (QED) is 0.703. The average molecular weight is 381 g/mol. The van der Waals surface area contributed by atoms with E-state index in [9.17, 15) is 9.59 Å². The summed E-state index contributed by atoms with van der Waals surface area (Å²) >= 11 is 0. The number of amides is 1. The molecule has 1 aliphatic carbocycles. The van der Waals surface area contributed by atoms with Crippen LogP contribution in [-0.4, -0.2) is 24.6 Å². The van der Waals surface area contributed by atoms with Crippen LogP contribution in [0.15, 0.2) is 48.5 Å². The molecule has 3 rings (SSSR count). The van der Waals surface area contributed by atoms with Crippen molar-refractivity contribution in [3.63, 3.8) is 0 Å². The summed E-state index contributed by atoms with van der Waals surface area (Å²) in [6, 6.07) is 14.4. The maximum atomic E-state index is 12.2. The van der Waals surface area contributed by atoms with Gasteiger partial charge < -0.3 is 14.8 Å². The fraction of sp³-hybridized carbons (Fsp3) is 0.391. The van der Waals surface area contributed by atoms with Gasteiger partial charge in [-0.05, 0) is 74.1 Å². The Labute approximate surface area is 166 Å². The summed E-state index contributed by atoms with van der Waals surface area (Å²) in [5, 5.41) is 2.77. The van der Waals surface area contributed by atoms with Crippen molar-refractivity contribution in [3.05, 3.63) is 59.7 Å². The summed E-state index contributed by atoms with van der Waals surface area (Å²) in [7, 11) is 0. The third-order valence-electron chi connectivity index (χ3n) is 4.93. The van der Waals surface area contributed by atoms with E-state index in [0.29, 0.717) is 17.0 Å². The minimum Gasteiger partial charge on any atom is -0.484 e. The van der Waals surface area contributed by atoms with Crippen molar-refractivity contribution in [1.29, 1.82) is 0 Å². The maximum Gasteiger partial charge on any atom is 0.338 e. The molecule has 0 unspecified atom stereocenters. The Balaban J connectivity index is 1.46. The smallest absolute Gasteiger partial charge is 0.338 e. The zero-order chi connectivity index (χ0) is 19.8. The van der Waals surface area contributed by atoms with Gasteiger partial charge in [-0.15, -0.1) is 0 Å². The van der Waals surface area contributed by atoms with E-state index in [0.717, 1.165) is 32.1 Å². The second kappa shape index (κ2) is 9.93. The number of carbonyl (C=O) groups excluding carboxylic acids is 2. The van der Waals surface area contributed by atoms with Crippen molar-refractivity contribution >= 4 is 17.6 Å². The number of carbonyl (C=O) groups is 2.